The van der Waals surface area contributed by atoms with Crippen LogP contribution in [0.1, 0.15) is 35.4 Å². The molecule has 2 heterocycles. The summed E-state index contributed by atoms with van der Waals surface area (Å²) in [5.74, 6) is 1.53. The highest BCUT2D eigenvalue weighted by Crippen LogP contribution is 2.21. The highest BCUT2D eigenvalue weighted by molar-refractivity contribution is 7.89. The van der Waals surface area contributed by atoms with E-state index in [0.717, 1.165) is 42.6 Å². The zero-order valence-corrected chi connectivity index (χ0v) is 18.0. The highest BCUT2D eigenvalue weighted by atomic mass is 32.2. The zero-order chi connectivity index (χ0) is 20.5. The molecule has 0 radical (unpaired) electrons. The topological polar surface area (TPSA) is 91.3 Å². The van der Waals surface area contributed by atoms with E-state index in [4.69, 9.17) is 0 Å². The van der Waals surface area contributed by atoms with E-state index < -0.39 is 10.0 Å². The molecule has 0 aliphatic carbocycles. The van der Waals surface area contributed by atoms with Crippen LogP contribution in [0.4, 0.5) is 11.9 Å². The molecule has 152 valence electrons. The molecule has 1 aliphatic rings. The predicted molar refractivity (Wildman–Crippen MR) is 110 cm³/mol. The van der Waals surface area contributed by atoms with Crippen LogP contribution >= 0.6 is 0 Å². The molecule has 1 saturated heterocycles. The smallest absolute Gasteiger partial charge is 0.241 e. The van der Waals surface area contributed by atoms with Gasteiger partial charge in [0, 0.05) is 27.2 Å². The Balaban J connectivity index is 1.86. The molecule has 0 bridgehead atoms. The second-order valence-electron chi connectivity index (χ2n) is 7.47. The molecule has 0 unspecified atom stereocenters. The maximum atomic E-state index is 12.8. The summed E-state index contributed by atoms with van der Waals surface area (Å²) in [6.07, 6.45) is 2.22. The average Bonchev–Trinajstić information content (AvgIpc) is 3.17. The summed E-state index contributed by atoms with van der Waals surface area (Å²) in [6.45, 7) is 7.51. The fourth-order valence-corrected chi connectivity index (χ4v) is 4.48. The lowest BCUT2D eigenvalue weighted by atomic mass is 10.1. The number of benzene rings is 1. The Hall–Kier alpha value is -2.26. The van der Waals surface area contributed by atoms with Crippen LogP contribution in [-0.2, 0) is 16.6 Å². The molecule has 3 rings (SSSR count). The van der Waals surface area contributed by atoms with E-state index in [1.165, 1.54) is 0 Å². The van der Waals surface area contributed by atoms with Gasteiger partial charge in [0.15, 0.2) is 5.82 Å². The summed E-state index contributed by atoms with van der Waals surface area (Å²) >= 11 is 0. The van der Waals surface area contributed by atoms with Crippen LogP contribution in [0.5, 0.6) is 0 Å². The lowest BCUT2D eigenvalue weighted by molar-refractivity contribution is 0.578. The molecular formula is C19H28N6O2S. The molecule has 1 N–H and O–H groups in total. The normalized spacial score (nSPS) is 14.5. The first-order valence-electron chi connectivity index (χ1n) is 9.42. The number of anilines is 2. The van der Waals surface area contributed by atoms with Crippen molar-refractivity contribution in [3.05, 3.63) is 34.6 Å². The number of nitrogens with one attached hydrogen (secondary N) is 1. The van der Waals surface area contributed by atoms with Crippen LogP contribution in [0.2, 0.25) is 0 Å². The Morgan fingerprint density at radius 2 is 1.64 bits per heavy atom. The first-order valence-corrected chi connectivity index (χ1v) is 10.9. The average molecular weight is 405 g/mol. The summed E-state index contributed by atoms with van der Waals surface area (Å²) in [6, 6.07) is 3.60. The van der Waals surface area contributed by atoms with Crippen molar-refractivity contribution in [3.63, 3.8) is 0 Å². The third-order valence-corrected chi connectivity index (χ3v) is 6.49. The number of nitrogens with zero attached hydrogens (tertiary/aromatic N) is 5. The summed E-state index contributed by atoms with van der Waals surface area (Å²) < 4.78 is 28.3. The number of sulfonamides is 1. The largest absolute Gasteiger partial charge is 0.347 e. The van der Waals surface area contributed by atoms with Gasteiger partial charge in [-0.2, -0.15) is 15.0 Å². The van der Waals surface area contributed by atoms with Crippen LogP contribution in [0.25, 0.3) is 0 Å². The molecule has 1 aromatic heterocycles. The van der Waals surface area contributed by atoms with Crippen molar-refractivity contribution >= 4 is 21.9 Å². The van der Waals surface area contributed by atoms with E-state index in [1.54, 1.807) is 17.9 Å². The van der Waals surface area contributed by atoms with Gasteiger partial charge in [0.1, 0.15) is 0 Å². The molecule has 1 aliphatic heterocycles. The number of aryl methyl sites for hydroxylation is 3. The van der Waals surface area contributed by atoms with E-state index in [1.807, 2.05) is 34.0 Å². The molecule has 1 fully saturated rings. The van der Waals surface area contributed by atoms with Crippen LogP contribution in [0, 0.1) is 20.8 Å². The Kier molecular flexibility index (Phi) is 5.85. The van der Waals surface area contributed by atoms with E-state index in [0.29, 0.717) is 17.7 Å². The van der Waals surface area contributed by atoms with Gasteiger partial charge in [0.2, 0.25) is 21.9 Å². The van der Waals surface area contributed by atoms with Crippen LogP contribution in [0.15, 0.2) is 17.0 Å². The molecule has 0 spiro atoms. The van der Waals surface area contributed by atoms with Crippen molar-refractivity contribution in [1.29, 1.82) is 0 Å². The van der Waals surface area contributed by atoms with Gasteiger partial charge in [0.05, 0.1) is 11.4 Å². The summed E-state index contributed by atoms with van der Waals surface area (Å²) in [4.78, 5) is 17.6. The number of hydrogen-bond donors (Lipinski definition) is 1. The monoisotopic (exact) mass is 404 g/mol. The fraction of sp³-hybridized carbons (Fsp3) is 0.526. The number of hydrogen-bond acceptors (Lipinski definition) is 7. The molecule has 0 atom stereocenters. The summed E-state index contributed by atoms with van der Waals surface area (Å²) in [5, 5.41) is 0. The number of rotatable bonds is 6. The Labute approximate surface area is 167 Å². The Bertz CT molecular complexity index is 969. The molecule has 1 aromatic carbocycles. The minimum atomic E-state index is -3.67. The van der Waals surface area contributed by atoms with Crippen molar-refractivity contribution in [1.82, 2.24) is 19.7 Å². The van der Waals surface area contributed by atoms with Gasteiger partial charge >= 0.3 is 0 Å². The van der Waals surface area contributed by atoms with Gasteiger partial charge in [-0.05, 0) is 56.4 Å². The van der Waals surface area contributed by atoms with Crippen molar-refractivity contribution in [2.75, 3.05) is 37.0 Å². The SMILES string of the molecule is Cc1cc(C)c(S(=O)(=O)NCc2nc(N(C)C)nc(N3CCCC3)n2)cc1C. The van der Waals surface area contributed by atoms with Crippen LogP contribution in [-0.4, -0.2) is 50.6 Å². The van der Waals surface area contributed by atoms with Gasteiger partial charge in [-0.15, -0.1) is 0 Å². The van der Waals surface area contributed by atoms with E-state index in [9.17, 15) is 8.42 Å². The fourth-order valence-electron chi connectivity index (χ4n) is 3.19. The van der Waals surface area contributed by atoms with Crippen molar-refractivity contribution in [2.45, 2.75) is 45.1 Å². The maximum absolute atomic E-state index is 12.8. The third kappa shape index (κ3) is 4.41. The standard InChI is InChI=1S/C19H28N6O2S/c1-13-10-15(3)16(11-14(13)2)28(26,27)20-12-17-21-18(24(4)5)23-19(22-17)25-8-6-7-9-25/h10-11,20H,6-9,12H2,1-5H3. The van der Waals surface area contributed by atoms with Crippen molar-refractivity contribution in [2.24, 2.45) is 0 Å². The van der Waals surface area contributed by atoms with Crippen LogP contribution in [0.3, 0.4) is 0 Å². The summed E-state index contributed by atoms with van der Waals surface area (Å²) in [7, 11) is 0.0423. The van der Waals surface area contributed by atoms with Gasteiger partial charge in [0.25, 0.3) is 0 Å². The van der Waals surface area contributed by atoms with Gasteiger partial charge in [-0.3, -0.25) is 0 Å². The predicted octanol–water partition coefficient (Wildman–Crippen LogP) is 1.94. The molecule has 28 heavy (non-hydrogen) atoms. The van der Waals surface area contributed by atoms with Gasteiger partial charge in [-0.25, -0.2) is 13.1 Å². The van der Waals surface area contributed by atoms with Crippen molar-refractivity contribution < 1.29 is 8.42 Å². The minimum Gasteiger partial charge on any atom is -0.347 e. The molecule has 8 nitrogen and oxygen atoms in total. The first kappa shape index (κ1) is 20.5. The molecular weight excluding hydrogens is 376 g/mol. The van der Waals surface area contributed by atoms with Crippen molar-refractivity contribution in [3.8, 4) is 0 Å². The molecule has 0 saturated carbocycles. The van der Waals surface area contributed by atoms with Crippen LogP contribution < -0.4 is 14.5 Å². The van der Waals surface area contributed by atoms with Gasteiger partial charge in [-0.1, -0.05) is 6.07 Å². The Morgan fingerprint density at radius 1 is 1.00 bits per heavy atom. The second kappa shape index (κ2) is 8.00. The lowest BCUT2D eigenvalue weighted by Crippen LogP contribution is -2.28. The first-order chi connectivity index (χ1) is 13.2. The number of aromatic nitrogens is 3. The quantitative estimate of drug-likeness (QED) is 0.787. The Morgan fingerprint density at radius 3 is 2.29 bits per heavy atom. The molecule has 9 heteroatoms. The second-order valence-corrected chi connectivity index (χ2v) is 9.20. The highest BCUT2D eigenvalue weighted by Gasteiger charge is 2.21. The van der Waals surface area contributed by atoms with E-state index in [-0.39, 0.29) is 11.4 Å². The lowest BCUT2D eigenvalue weighted by Gasteiger charge is -2.19. The third-order valence-electron chi connectivity index (χ3n) is 4.95. The van der Waals surface area contributed by atoms with E-state index in [2.05, 4.69) is 24.6 Å². The molecule has 2 aromatic rings. The zero-order valence-electron chi connectivity index (χ0n) is 17.2. The minimum absolute atomic E-state index is 0.0128. The van der Waals surface area contributed by atoms with Gasteiger partial charge < -0.3 is 9.80 Å². The van der Waals surface area contributed by atoms with E-state index >= 15 is 0 Å². The maximum Gasteiger partial charge on any atom is 0.241 e. The summed E-state index contributed by atoms with van der Waals surface area (Å²) in [5.41, 5.74) is 2.73. The molecule has 0 amide bonds.